The summed E-state index contributed by atoms with van der Waals surface area (Å²) in [5.74, 6) is -0.740. The second kappa shape index (κ2) is 9.98. The molecule has 1 aliphatic rings. The molecule has 0 saturated carbocycles. The van der Waals surface area contributed by atoms with Crippen LogP contribution < -0.4 is 9.57 Å². The van der Waals surface area contributed by atoms with Gasteiger partial charge in [0, 0.05) is 17.5 Å². The second-order valence-corrected chi connectivity index (χ2v) is 8.29. The summed E-state index contributed by atoms with van der Waals surface area (Å²) in [5, 5.41) is 2.20. The summed E-state index contributed by atoms with van der Waals surface area (Å²) < 4.78 is 11.9. The third kappa shape index (κ3) is 4.02. The van der Waals surface area contributed by atoms with Gasteiger partial charge in [-0.15, -0.1) is 5.06 Å². The Morgan fingerprint density at radius 1 is 1.10 bits per heavy atom. The number of benzene rings is 1. The Hall–Kier alpha value is -1.84. The normalized spacial score (nSPS) is 24.1. The van der Waals surface area contributed by atoms with Crippen molar-refractivity contribution in [2.24, 2.45) is 11.8 Å². The average Bonchev–Trinajstić information content (AvgIpc) is 2.76. The minimum absolute atomic E-state index is 0.161. The number of piperazine rings is 1. The average molecular weight is 487 g/mol. The van der Waals surface area contributed by atoms with E-state index in [4.69, 9.17) is 19.1 Å². The molecule has 1 fully saturated rings. The van der Waals surface area contributed by atoms with E-state index in [0.717, 1.165) is 14.6 Å². The lowest BCUT2D eigenvalue weighted by Gasteiger charge is -2.51. The van der Waals surface area contributed by atoms with E-state index in [1.807, 2.05) is 27.7 Å². The summed E-state index contributed by atoms with van der Waals surface area (Å²) in [6.45, 7) is 7.59. The van der Waals surface area contributed by atoms with Gasteiger partial charge in [0.05, 0.1) is 14.2 Å². The van der Waals surface area contributed by atoms with Crippen molar-refractivity contribution in [3.05, 3.63) is 22.7 Å². The summed E-state index contributed by atoms with van der Waals surface area (Å²) in [6.07, 6.45) is 1.23. The number of rotatable bonds is 9. The maximum atomic E-state index is 13.7. The molecule has 1 aromatic rings. The van der Waals surface area contributed by atoms with Gasteiger partial charge in [0.2, 0.25) is 0 Å². The SMILES string of the molecule is CC[C@H](C)C1C(=O)N(Oc2ccc(Br)cc2OC)C(OC)([C@@H](C)CC)C(=O)N1OC. The zero-order valence-corrected chi connectivity index (χ0v) is 20.2. The van der Waals surface area contributed by atoms with Gasteiger partial charge in [0.25, 0.3) is 11.6 Å². The number of carbonyl (C=O) groups is 2. The predicted octanol–water partition coefficient (Wildman–Crippen LogP) is 3.79. The Balaban J connectivity index is 2.66. The van der Waals surface area contributed by atoms with Crippen molar-refractivity contribution in [3.63, 3.8) is 0 Å². The van der Waals surface area contributed by atoms with Gasteiger partial charge in [0.1, 0.15) is 6.04 Å². The van der Waals surface area contributed by atoms with E-state index in [0.29, 0.717) is 24.3 Å². The Morgan fingerprint density at radius 3 is 2.27 bits per heavy atom. The molecule has 1 heterocycles. The Morgan fingerprint density at radius 2 is 1.77 bits per heavy atom. The molecular formula is C21H31BrN2O6. The number of nitrogens with zero attached hydrogens (tertiary/aromatic N) is 2. The van der Waals surface area contributed by atoms with Gasteiger partial charge in [-0.1, -0.05) is 50.0 Å². The van der Waals surface area contributed by atoms with Gasteiger partial charge in [-0.05, 0) is 30.5 Å². The second-order valence-electron chi connectivity index (χ2n) is 7.37. The van der Waals surface area contributed by atoms with Crippen molar-refractivity contribution in [3.8, 4) is 11.5 Å². The van der Waals surface area contributed by atoms with Crippen LogP contribution in [0.5, 0.6) is 11.5 Å². The van der Waals surface area contributed by atoms with Crippen LogP contribution in [-0.4, -0.2) is 55.0 Å². The fraction of sp³-hybridized carbons (Fsp3) is 0.619. The van der Waals surface area contributed by atoms with E-state index in [1.54, 1.807) is 18.2 Å². The molecule has 9 heteroatoms. The third-order valence-electron chi connectivity index (χ3n) is 5.80. The number of hydroxylamine groups is 4. The number of amides is 2. The molecule has 168 valence electrons. The maximum absolute atomic E-state index is 13.7. The lowest BCUT2D eigenvalue weighted by atomic mass is 9.87. The molecule has 2 rings (SSSR count). The number of hydrogen-bond donors (Lipinski definition) is 0. The predicted molar refractivity (Wildman–Crippen MR) is 114 cm³/mol. The number of ether oxygens (including phenoxy) is 2. The first kappa shape index (κ1) is 24.4. The minimum Gasteiger partial charge on any atom is -0.493 e. The molecule has 1 aromatic carbocycles. The van der Waals surface area contributed by atoms with Crippen LogP contribution in [0.15, 0.2) is 22.7 Å². The number of halogens is 1. The first-order valence-corrected chi connectivity index (χ1v) is 10.8. The molecule has 1 saturated heterocycles. The molecule has 0 N–H and O–H groups in total. The summed E-state index contributed by atoms with van der Waals surface area (Å²) in [4.78, 5) is 38.8. The summed E-state index contributed by atoms with van der Waals surface area (Å²) in [7, 11) is 4.28. The van der Waals surface area contributed by atoms with E-state index < -0.39 is 23.6 Å². The highest BCUT2D eigenvalue weighted by Gasteiger charge is 2.63. The molecule has 2 unspecified atom stereocenters. The fourth-order valence-corrected chi connectivity index (χ4v) is 3.98. The Labute approximate surface area is 186 Å². The summed E-state index contributed by atoms with van der Waals surface area (Å²) in [5.41, 5.74) is -1.69. The molecular weight excluding hydrogens is 456 g/mol. The van der Waals surface area contributed by atoms with E-state index in [9.17, 15) is 9.59 Å². The van der Waals surface area contributed by atoms with E-state index in [1.165, 1.54) is 21.3 Å². The number of carbonyl (C=O) groups excluding carboxylic acids is 2. The van der Waals surface area contributed by atoms with Gasteiger partial charge < -0.3 is 14.3 Å². The monoisotopic (exact) mass is 486 g/mol. The van der Waals surface area contributed by atoms with Crippen molar-refractivity contribution in [2.45, 2.75) is 52.3 Å². The molecule has 0 radical (unpaired) electrons. The molecule has 0 aliphatic carbocycles. The van der Waals surface area contributed by atoms with E-state index in [-0.39, 0.29) is 11.8 Å². The molecule has 30 heavy (non-hydrogen) atoms. The molecule has 0 bridgehead atoms. The first-order valence-electron chi connectivity index (χ1n) is 10.0. The van der Waals surface area contributed by atoms with Gasteiger partial charge in [-0.2, -0.15) is 0 Å². The zero-order chi connectivity index (χ0) is 22.6. The van der Waals surface area contributed by atoms with Gasteiger partial charge >= 0.3 is 5.91 Å². The van der Waals surface area contributed by atoms with Crippen LogP contribution in [-0.2, 0) is 19.2 Å². The first-order chi connectivity index (χ1) is 14.2. The van der Waals surface area contributed by atoms with Crippen LogP contribution in [0, 0.1) is 11.8 Å². The van der Waals surface area contributed by atoms with Crippen molar-refractivity contribution in [1.29, 1.82) is 0 Å². The van der Waals surface area contributed by atoms with Crippen LogP contribution in [0.1, 0.15) is 40.5 Å². The quantitative estimate of drug-likeness (QED) is 0.528. The van der Waals surface area contributed by atoms with Crippen LogP contribution >= 0.6 is 15.9 Å². The molecule has 0 aromatic heterocycles. The van der Waals surface area contributed by atoms with Gasteiger partial charge in [0.15, 0.2) is 11.5 Å². The van der Waals surface area contributed by atoms with Crippen molar-refractivity contribution in [2.75, 3.05) is 21.3 Å². The molecule has 2 amide bonds. The molecule has 1 aliphatic heterocycles. The van der Waals surface area contributed by atoms with E-state index in [2.05, 4.69) is 15.9 Å². The highest BCUT2D eigenvalue weighted by Crippen LogP contribution is 2.40. The Kier molecular flexibility index (Phi) is 8.13. The van der Waals surface area contributed by atoms with E-state index >= 15 is 0 Å². The van der Waals surface area contributed by atoms with Crippen LogP contribution in [0.3, 0.4) is 0 Å². The maximum Gasteiger partial charge on any atom is 0.303 e. The molecule has 0 spiro atoms. The van der Waals surface area contributed by atoms with Crippen LogP contribution in [0.2, 0.25) is 0 Å². The van der Waals surface area contributed by atoms with Crippen LogP contribution in [0.25, 0.3) is 0 Å². The topological polar surface area (TPSA) is 77.5 Å². The van der Waals surface area contributed by atoms with Crippen molar-refractivity contribution < 1.29 is 28.7 Å². The molecule has 8 nitrogen and oxygen atoms in total. The van der Waals surface area contributed by atoms with Crippen LogP contribution in [0.4, 0.5) is 0 Å². The lowest BCUT2D eigenvalue weighted by molar-refractivity contribution is -0.303. The standard InChI is InChI=1S/C21H31BrN2O6/c1-8-13(3)18-19(25)24(30-16-11-10-15(22)12-17(16)27-5)21(28-6,14(4)9-2)20(26)23(18)29-7/h10-14,18H,8-9H2,1-7H3/t13-,14-,18?,21?/m0/s1. The highest BCUT2D eigenvalue weighted by molar-refractivity contribution is 9.10. The zero-order valence-electron chi connectivity index (χ0n) is 18.6. The van der Waals surface area contributed by atoms with Crippen molar-refractivity contribution in [1.82, 2.24) is 10.1 Å². The smallest absolute Gasteiger partial charge is 0.303 e. The largest absolute Gasteiger partial charge is 0.493 e. The Bertz CT molecular complexity index is 776. The summed E-state index contributed by atoms with van der Waals surface area (Å²) in [6, 6.07) is 4.30. The van der Waals surface area contributed by atoms with Gasteiger partial charge in [-0.25, -0.2) is 5.06 Å². The lowest BCUT2D eigenvalue weighted by Crippen LogP contribution is -2.75. The number of methoxy groups -OCH3 is 2. The third-order valence-corrected chi connectivity index (χ3v) is 6.29. The molecule has 4 atom stereocenters. The minimum atomic E-state index is -1.69. The summed E-state index contributed by atoms with van der Waals surface area (Å²) >= 11 is 3.39. The highest BCUT2D eigenvalue weighted by atomic mass is 79.9. The van der Waals surface area contributed by atoms with Gasteiger partial charge in [-0.3, -0.25) is 14.4 Å². The van der Waals surface area contributed by atoms with Crippen molar-refractivity contribution >= 4 is 27.7 Å². The number of hydrogen-bond acceptors (Lipinski definition) is 6. The fourth-order valence-electron chi connectivity index (χ4n) is 3.64.